The SMILES string of the molecule is CC(=O)c1sc(C(C)(C)C)nc1C(=O)O. The lowest BCUT2D eigenvalue weighted by atomic mass is 9.98. The second-order valence-electron chi connectivity index (χ2n) is 4.31. The third-order valence-corrected chi connectivity index (χ3v) is 3.37. The van der Waals surface area contributed by atoms with Crippen LogP contribution in [0.25, 0.3) is 0 Å². The van der Waals surface area contributed by atoms with Crippen LogP contribution in [0.5, 0.6) is 0 Å². The molecule has 1 heterocycles. The third kappa shape index (κ3) is 2.41. The molecule has 0 unspecified atom stereocenters. The van der Waals surface area contributed by atoms with Crippen LogP contribution in [-0.4, -0.2) is 21.8 Å². The molecule has 1 N–H and O–H groups in total. The average Bonchev–Trinajstić information content (AvgIpc) is 2.45. The van der Waals surface area contributed by atoms with Gasteiger partial charge >= 0.3 is 5.97 Å². The lowest BCUT2D eigenvalue weighted by Crippen LogP contribution is -2.11. The number of hydrogen-bond donors (Lipinski definition) is 1. The smallest absolute Gasteiger partial charge is 0.356 e. The first-order valence-corrected chi connectivity index (χ1v) is 5.30. The van der Waals surface area contributed by atoms with Crippen LogP contribution in [-0.2, 0) is 5.41 Å². The van der Waals surface area contributed by atoms with Gasteiger partial charge in [-0.3, -0.25) is 4.79 Å². The van der Waals surface area contributed by atoms with E-state index in [0.29, 0.717) is 5.01 Å². The number of nitrogens with zero attached hydrogens (tertiary/aromatic N) is 1. The molecule has 1 rings (SSSR count). The Morgan fingerprint density at radius 1 is 1.33 bits per heavy atom. The van der Waals surface area contributed by atoms with Crippen LogP contribution in [0.2, 0.25) is 0 Å². The van der Waals surface area contributed by atoms with Gasteiger partial charge in [0.15, 0.2) is 11.5 Å². The minimum absolute atomic E-state index is 0.127. The van der Waals surface area contributed by atoms with E-state index in [-0.39, 0.29) is 21.8 Å². The number of carboxylic acids is 1. The second kappa shape index (κ2) is 3.73. The summed E-state index contributed by atoms with van der Waals surface area (Å²) in [4.78, 5) is 26.3. The molecule has 1 aromatic rings. The summed E-state index contributed by atoms with van der Waals surface area (Å²) >= 11 is 1.16. The Hall–Kier alpha value is -1.23. The summed E-state index contributed by atoms with van der Waals surface area (Å²) < 4.78 is 0. The number of carbonyl (C=O) groups is 2. The largest absolute Gasteiger partial charge is 0.476 e. The molecule has 0 atom stereocenters. The van der Waals surface area contributed by atoms with Crippen LogP contribution in [0.1, 0.15) is 52.9 Å². The predicted molar refractivity (Wildman–Crippen MR) is 57.8 cm³/mol. The van der Waals surface area contributed by atoms with Gasteiger partial charge in [0, 0.05) is 12.3 Å². The van der Waals surface area contributed by atoms with Crippen molar-refractivity contribution in [1.82, 2.24) is 4.98 Å². The van der Waals surface area contributed by atoms with E-state index in [1.165, 1.54) is 6.92 Å². The van der Waals surface area contributed by atoms with E-state index in [2.05, 4.69) is 4.98 Å². The van der Waals surface area contributed by atoms with E-state index in [1.54, 1.807) is 0 Å². The van der Waals surface area contributed by atoms with Crippen molar-refractivity contribution in [2.75, 3.05) is 0 Å². The molecule has 0 bridgehead atoms. The molecule has 0 fully saturated rings. The van der Waals surface area contributed by atoms with Gasteiger partial charge in [-0.15, -0.1) is 11.3 Å². The molecule has 15 heavy (non-hydrogen) atoms. The van der Waals surface area contributed by atoms with Crippen molar-refractivity contribution < 1.29 is 14.7 Å². The van der Waals surface area contributed by atoms with Gasteiger partial charge in [0.1, 0.15) is 4.88 Å². The van der Waals surface area contributed by atoms with Gasteiger partial charge in [-0.1, -0.05) is 20.8 Å². The number of aromatic carboxylic acids is 1. The number of thiazole rings is 1. The molecule has 0 radical (unpaired) electrons. The van der Waals surface area contributed by atoms with Crippen LogP contribution >= 0.6 is 11.3 Å². The highest BCUT2D eigenvalue weighted by Crippen LogP contribution is 2.29. The number of Topliss-reactive ketones (excluding diaryl/α,β-unsaturated/α-hetero) is 1. The molecule has 0 aliphatic rings. The van der Waals surface area contributed by atoms with Crippen molar-refractivity contribution in [2.45, 2.75) is 33.1 Å². The highest BCUT2D eigenvalue weighted by Gasteiger charge is 2.26. The van der Waals surface area contributed by atoms with E-state index < -0.39 is 5.97 Å². The molecule has 0 spiro atoms. The number of aromatic nitrogens is 1. The van der Waals surface area contributed by atoms with Gasteiger partial charge in [0.2, 0.25) is 0 Å². The first-order valence-electron chi connectivity index (χ1n) is 4.49. The minimum atomic E-state index is -1.15. The molecule has 0 aliphatic heterocycles. The molecule has 0 aliphatic carbocycles. The van der Waals surface area contributed by atoms with Crippen LogP contribution in [0, 0.1) is 0 Å². The average molecular weight is 227 g/mol. The zero-order chi connectivity index (χ0) is 11.8. The van der Waals surface area contributed by atoms with E-state index in [4.69, 9.17) is 5.11 Å². The predicted octanol–water partition coefficient (Wildman–Crippen LogP) is 2.34. The summed E-state index contributed by atoms with van der Waals surface area (Å²) in [6, 6.07) is 0. The minimum Gasteiger partial charge on any atom is -0.476 e. The fraction of sp³-hybridized carbons (Fsp3) is 0.500. The van der Waals surface area contributed by atoms with Crippen molar-refractivity contribution in [1.29, 1.82) is 0 Å². The number of hydrogen-bond acceptors (Lipinski definition) is 4. The Morgan fingerprint density at radius 3 is 2.13 bits per heavy atom. The zero-order valence-corrected chi connectivity index (χ0v) is 9.94. The highest BCUT2D eigenvalue weighted by molar-refractivity contribution is 7.14. The molecule has 4 nitrogen and oxygen atoms in total. The van der Waals surface area contributed by atoms with Gasteiger partial charge in [-0.05, 0) is 0 Å². The molecule has 0 saturated heterocycles. The lowest BCUT2D eigenvalue weighted by molar-refractivity contribution is 0.0686. The Labute approximate surface area is 92.0 Å². The van der Waals surface area contributed by atoms with E-state index in [1.807, 2.05) is 20.8 Å². The molecule has 0 saturated carbocycles. The topological polar surface area (TPSA) is 67.3 Å². The quantitative estimate of drug-likeness (QED) is 0.787. The number of rotatable bonds is 2. The maximum atomic E-state index is 11.2. The first kappa shape index (κ1) is 11.8. The van der Waals surface area contributed by atoms with Crippen molar-refractivity contribution in [3.05, 3.63) is 15.6 Å². The summed E-state index contributed by atoms with van der Waals surface area (Å²) in [6.45, 7) is 7.15. The van der Waals surface area contributed by atoms with Crippen LogP contribution in [0.4, 0.5) is 0 Å². The van der Waals surface area contributed by atoms with Crippen molar-refractivity contribution in [2.24, 2.45) is 0 Å². The van der Waals surface area contributed by atoms with E-state index in [0.717, 1.165) is 11.3 Å². The van der Waals surface area contributed by atoms with Gasteiger partial charge in [0.25, 0.3) is 0 Å². The summed E-state index contributed by atoms with van der Waals surface area (Å²) in [7, 11) is 0. The van der Waals surface area contributed by atoms with E-state index in [9.17, 15) is 9.59 Å². The van der Waals surface area contributed by atoms with Crippen molar-refractivity contribution in [3.8, 4) is 0 Å². The fourth-order valence-corrected chi connectivity index (χ4v) is 2.03. The van der Waals surface area contributed by atoms with Crippen LogP contribution in [0.3, 0.4) is 0 Å². The van der Waals surface area contributed by atoms with Gasteiger partial charge in [-0.2, -0.15) is 0 Å². The summed E-state index contributed by atoms with van der Waals surface area (Å²) in [5.74, 6) is -1.40. The highest BCUT2D eigenvalue weighted by atomic mass is 32.1. The van der Waals surface area contributed by atoms with Gasteiger partial charge in [-0.25, -0.2) is 9.78 Å². The Morgan fingerprint density at radius 2 is 1.87 bits per heavy atom. The van der Waals surface area contributed by atoms with Gasteiger partial charge < -0.3 is 5.11 Å². The molecule has 0 amide bonds. The number of carbonyl (C=O) groups excluding carboxylic acids is 1. The molecule has 1 aromatic heterocycles. The Balaban J connectivity index is 3.34. The standard InChI is InChI=1S/C10H13NO3S/c1-5(12)7-6(8(13)14)11-9(15-7)10(2,3)4/h1-4H3,(H,13,14). The monoisotopic (exact) mass is 227 g/mol. The normalized spacial score (nSPS) is 11.5. The second-order valence-corrected chi connectivity index (χ2v) is 5.31. The summed E-state index contributed by atoms with van der Waals surface area (Å²) in [5, 5.41) is 9.56. The fourth-order valence-electron chi connectivity index (χ4n) is 1.02. The zero-order valence-electron chi connectivity index (χ0n) is 9.12. The van der Waals surface area contributed by atoms with E-state index >= 15 is 0 Å². The summed E-state index contributed by atoms with van der Waals surface area (Å²) in [5.41, 5.74) is -0.361. The molecule has 82 valence electrons. The molecule has 5 heteroatoms. The maximum Gasteiger partial charge on any atom is 0.356 e. The molecular formula is C10H13NO3S. The third-order valence-electron chi connectivity index (χ3n) is 1.79. The maximum absolute atomic E-state index is 11.2. The van der Waals surface area contributed by atoms with Crippen molar-refractivity contribution >= 4 is 23.1 Å². The van der Waals surface area contributed by atoms with Crippen LogP contribution < -0.4 is 0 Å². The molecular weight excluding hydrogens is 214 g/mol. The number of carboxylic acid groups (broad SMARTS) is 1. The number of ketones is 1. The first-order chi connectivity index (χ1) is 6.73. The van der Waals surface area contributed by atoms with Crippen LogP contribution in [0.15, 0.2) is 0 Å². The van der Waals surface area contributed by atoms with Gasteiger partial charge in [0.05, 0.1) is 5.01 Å². The van der Waals surface area contributed by atoms with Crippen molar-refractivity contribution in [3.63, 3.8) is 0 Å². The summed E-state index contributed by atoms with van der Waals surface area (Å²) in [6.07, 6.45) is 0. The Bertz CT molecular complexity index is 383. The molecule has 0 aromatic carbocycles. The Kier molecular flexibility index (Phi) is 2.95. The lowest BCUT2D eigenvalue weighted by Gasteiger charge is -2.13.